The first-order valence-corrected chi connectivity index (χ1v) is 11.6. The van der Waals surface area contributed by atoms with E-state index in [-0.39, 0.29) is 30.4 Å². The number of ether oxygens (including phenoxy) is 1. The summed E-state index contributed by atoms with van der Waals surface area (Å²) in [5, 5.41) is 2.56. The molecule has 1 aliphatic heterocycles. The summed E-state index contributed by atoms with van der Waals surface area (Å²) >= 11 is 0. The van der Waals surface area contributed by atoms with Crippen molar-refractivity contribution in [3.05, 3.63) is 65.5 Å². The van der Waals surface area contributed by atoms with Crippen LogP contribution in [0.25, 0.3) is 0 Å². The molecule has 3 rings (SSSR count). The Morgan fingerprint density at radius 2 is 1.79 bits per heavy atom. The molecule has 11 heteroatoms. The van der Waals surface area contributed by atoms with Gasteiger partial charge in [0.05, 0.1) is 11.5 Å². The quantitative estimate of drug-likeness (QED) is 0.637. The van der Waals surface area contributed by atoms with Crippen LogP contribution in [0.2, 0.25) is 0 Å². The van der Waals surface area contributed by atoms with Crippen LogP contribution >= 0.6 is 0 Å². The van der Waals surface area contributed by atoms with Crippen LogP contribution in [0.5, 0.6) is 0 Å². The summed E-state index contributed by atoms with van der Waals surface area (Å²) < 4.78 is 72.7. The minimum absolute atomic E-state index is 0.211. The van der Waals surface area contributed by atoms with Gasteiger partial charge >= 0.3 is 6.09 Å². The van der Waals surface area contributed by atoms with Gasteiger partial charge in [0.2, 0.25) is 5.91 Å². The summed E-state index contributed by atoms with van der Waals surface area (Å²) in [6, 6.07) is 6.41. The van der Waals surface area contributed by atoms with Crippen LogP contribution in [0.4, 0.5) is 18.0 Å². The van der Waals surface area contributed by atoms with Crippen molar-refractivity contribution in [3.8, 4) is 0 Å². The summed E-state index contributed by atoms with van der Waals surface area (Å²) in [6.07, 6.45) is -0.835. The van der Waals surface area contributed by atoms with Crippen LogP contribution in [0.15, 0.2) is 47.4 Å². The van der Waals surface area contributed by atoms with Crippen molar-refractivity contribution in [1.82, 2.24) is 10.2 Å². The molecule has 0 saturated carbocycles. The van der Waals surface area contributed by atoms with Gasteiger partial charge in [-0.3, -0.25) is 9.69 Å². The molecule has 7 nitrogen and oxygen atoms in total. The molecule has 1 saturated heterocycles. The summed E-state index contributed by atoms with van der Waals surface area (Å²) in [5.41, 5.74) is -0.451. The molecular formula is C22H23F3N2O5S. The van der Waals surface area contributed by atoms with E-state index in [1.54, 1.807) is 0 Å². The third-order valence-electron chi connectivity index (χ3n) is 5.84. The fraction of sp³-hybridized carbons (Fsp3) is 0.364. The fourth-order valence-corrected chi connectivity index (χ4v) is 5.68. The Kier molecular flexibility index (Phi) is 7.01. The average molecular weight is 484 g/mol. The molecule has 33 heavy (non-hydrogen) atoms. The standard InChI is InChI=1S/C22H23F3N2O5S/c1-14(13-32-21(29)27-10-9-26-20(28)12-27)22(2,18-11-16(24)5-8-19(18)25)33(30,31)17-6-3-15(23)4-7-17/h3-8,11,14H,9-10,12-13H2,1-2H3,(H,26,28). The molecule has 0 bridgehead atoms. The number of piperazine rings is 1. The van der Waals surface area contributed by atoms with E-state index in [4.69, 9.17) is 4.74 Å². The van der Waals surface area contributed by atoms with E-state index in [0.29, 0.717) is 0 Å². The largest absolute Gasteiger partial charge is 0.449 e. The van der Waals surface area contributed by atoms with Gasteiger partial charge in [0.1, 0.15) is 28.7 Å². The summed E-state index contributed by atoms with van der Waals surface area (Å²) in [7, 11) is -4.43. The number of rotatable bonds is 6. The van der Waals surface area contributed by atoms with Gasteiger partial charge in [-0.05, 0) is 49.4 Å². The number of hydrogen-bond donors (Lipinski definition) is 1. The topological polar surface area (TPSA) is 92.8 Å². The lowest BCUT2D eigenvalue weighted by molar-refractivity contribution is -0.123. The van der Waals surface area contributed by atoms with E-state index in [2.05, 4.69) is 5.32 Å². The molecule has 0 aromatic heterocycles. The molecule has 2 aromatic rings. The van der Waals surface area contributed by atoms with Crippen molar-refractivity contribution >= 4 is 21.8 Å². The predicted molar refractivity (Wildman–Crippen MR) is 112 cm³/mol. The van der Waals surface area contributed by atoms with Crippen molar-refractivity contribution < 1.29 is 35.9 Å². The zero-order valence-corrected chi connectivity index (χ0v) is 18.8. The lowest BCUT2D eigenvalue weighted by atomic mass is 9.87. The Morgan fingerprint density at radius 3 is 2.42 bits per heavy atom. The highest BCUT2D eigenvalue weighted by Gasteiger charge is 2.49. The first-order valence-electron chi connectivity index (χ1n) is 10.1. The third-order valence-corrected chi connectivity index (χ3v) is 8.47. The molecule has 178 valence electrons. The molecule has 2 atom stereocenters. The number of halogens is 3. The number of amides is 2. The fourth-order valence-electron chi connectivity index (χ4n) is 3.65. The van der Waals surface area contributed by atoms with Gasteiger partial charge in [-0.15, -0.1) is 0 Å². The van der Waals surface area contributed by atoms with Crippen LogP contribution in [0, 0.1) is 23.4 Å². The highest BCUT2D eigenvalue weighted by Crippen LogP contribution is 2.43. The van der Waals surface area contributed by atoms with Crippen molar-refractivity contribution in [2.75, 3.05) is 26.2 Å². The molecule has 1 heterocycles. The van der Waals surface area contributed by atoms with Crippen LogP contribution < -0.4 is 5.32 Å². The molecule has 2 unspecified atom stereocenters. The van der Waals surface area contributed by atoms with Crippen molar-refractivity contribution in [2.24, 2.45) is 5.92 Å². The van der Waals surface area contributed by atoms with E-state index in [1.807, 2.05) is 0 Å². The maximum atomic E-state index is 14.8. The van der Waals surface area contributed by atoms with Crippen molar-refractivity contribution in [2.45, 2.75) is 23.5 Å². The van der Waals surface area contributed by atoms with E-state index >= 15 is 0 Å². The van der Waals surface area contributed by atoms with Gasteiger partial charge in [-0.2, -0.15) is 0 Å². The van der Waals surface area contributed by atoms with Crippen molar-refractivity contribution in [3.63, 3.8) is 0 Å². The molecule has 0 radical (unpaired) electrons. The zero-order chi connectivity index (χ0) is 24.4. The number of nitrogens with zero attached hydrogens (tertiary/aromatic N) is 1. The molecule has 0 aliphatic carbocycles. The molecule has 1 aliphatic rings. The predicted octanol–water partition coefficient (Wildman–Crippen LogP) is 3.00. The molecule has 0 spiro atoms. The highest BCUT2D eigenvalue weighted by atomic mass is 32.2. The Labute approximate surface area is 189 Å². The molecule has 1 fully saturated rings. The summed E-state index contributed by atoms with van der Waals surface area (Å²) in [5.74, 6) is -3.91. The minimum Gasteiger partial charge on any atom is -0.449 e. The second-order valence-corrected chi connectivity index (χ2v) is 10.3. The lowest BCUT2D eigenvalue weighted by Crippen LogP contribution is -2.50. The second-order valence-electron chi connectivity index (χ2n) is 7.94. The minimum atomic E-state index is -4.43. The lowest BCUT2D eigenvalue weighted by Gasteiger charge is -2.36. The zero-order valence-electron chi connectivity index (χ0n) is 18.0. The van der Waals surface area contributed by atoms with Gasteiger partial charge in [0.15, 0.2) is 9.84 Å². The molecule has 2 amide bonds. The first-order chi connectivity index (χ1) is 15.5. The van der Waals surface area contributed by atoms with Gasteiger partial charge in [-0.25, -0.2) is 26.4 Å². The van der Waals surface area contributed by atoms with Gasteiger partial charge in [-0.1, -0.05) is 6.92 Å². The number of hydrogen-bond acceptors (Lipinski definition) is 5. The Bertz CT molecular complexity index is 1160. The normalized spacial score (nSPS) is 17.1. The number of nitrogens with one attached hydrogen (secondary N) is 1. The van der Waals surface area contributed by atoms with Crippen LogP contribution in [0.3, 0.4) is 0 Å². The third kappa shape index (κ3) is 4.82. The van der Waals surface area contributed by atoms with E-state index in [9.17, 15) is 31.2 Å². The Balaban J connectivity index is 1.98. The number of sulfone groups is 1. The number of carbonyl (C=O) groups excluding carboxylic acids is 2. The van der Waals surface area contributed by atoms with E-state index in [1.165, 1.54) is 13.8 Å². The monoisotopic (exact) mass is 484 g/mol. The number of benzene rings is 2. The Morgan fingerprint density at radius 1 is 1.15 bits per heavy atom. The van der Waals surface area contributed by atoms with Gasteiger partial charge in [0.25, 0.3) is 0 Å². The average Bonchev–Trinajstić information content (AvgIpc) is 2.78. The number of carbonyl (C=O) groups is 2. The SMILES string of the molecule is CC(COC(=O)N1CCNC(=O)C1)C(C)(c1cc(F)ccc1F)S(=O)(=O)c1ccc(F)cc1. The van der Waals surface area contributed by atoms with E-state index < -0.39 is 56.2 Å². The van der Waals surface area contributed by atoms with E-state index in [0.717, 1.165) is 47.4 Å². The van der Waals surface area contributed by atoms with Gasteiger partial charge in [0, 0.05) is 24.6 Å². The maximum Gasteiger partial charge on any atom is 0.410 e. The highest BCUT2D eigenvalue weighted by molar-refractivity contribution is 7.92. The van der Waals surface area contributed by atoms with Gasteiger partial charge < -0.3 is 10.1 Å². The molecular weight excluding hydrogens is 461 g/mol. The summed E-state index contributed by atoms with van der Waals surface area (Å²) in [6.45, 7) is 2.40. The Hall–Kier alpha value is -3.08. The molecule has 2 aromatic carbocycles. The maximum absolute atomic E-state index is 14.8. The van der Waals surface area contributed by atoms with Crippen LogP contribution in [0.1, 0.15) is 19.4 Å². The van der Waals surface area contributed by atoms with Crippen LogP contribution in [-0.2, 0) is 24.1 Å². The second kappa shape index (κ2) is 9.42. The first kappa shape index (κ1) is 24.6. The molecule has 1 N–H and O–H groups in total. The van der Waals surface area contributed by atoms with Crippen LogP contribution in [-0.4, -0.2) is 51.6 Å². The smallest absolute Gasteiger partial charge is 0.410 e. The van der Waals surface area contributed by atoms with Crippen molar-refractivity contribution in [1.29, 1.82) is 0 Å². The summed E-state index contributed by atoms with van der Waals surface area (Å²) in [4.78, 5) is 24.7.